The van der Waals surface area contributed by atoms with Gasteiger partial charge in [0.2, 0.25) is 0 Å². The molecule has 0 radical (unpaired) electrons. The topological polar surface area (TPSA) is 46.2 Å². The van der Waals surface area contributed by atoms with E-state index in [1.165, 1.54) is 0 Å². The van der Waals surface area contributed by atoms with Crippen LogP contribution in [-0.2, 0) is 9.84 Å². The molecular formula is C13H18ClNO2S. The zero-order valence-electron chi connectivity index (χ0n) is 10.4. The van der Waals surface area contributed by atoms with Crippen LogP contribution in [0.1, 0.15) is 31.4 Å². The molecule has 0 spiro atoms. The number of rotatable bonds is 3. The van der Waals surface area contributed by atoms with E-state index in [1.807, 2.05) is 31.2 Å². The first-order valence-electron chi connectivity index (χ1n) is 6.19. The van der Waals surface area contributed by atoms with Gasteiger partial charge in [-0.25, -0.2) is 8.42 Å². The van der Waals surface area contributed by atoms with Crippen molar-refractivity contribution >= 4 is 21.4 Å². The molecule has 1 aliphatic heterocycles. The summed E-state index contributed by atoms with van der Waals surface area (Å²) >= 11 is 6.13. The van der Waals surface area contributed by atoms with E-state index >= 15 is 0 Å². The van der Waals surface area contributed by atoms with Crippen LogP contribution in [0.2, 0.25) is 5.02 Å². The summed E-state index contributed by atoms with van der Waals surface area (Å²) in [6.07, 6.45) is 1.66. The minimum absolute atomic E-state index is 0.0371. The highest BCUT2D eigenvalue weighted by Gasteiger charge is 2.26. The molecule has 1 aromatic rings. The molecule has 1 N–H and O–H groups in total. The molecule has 2 atom stereocenters. The maximum absolute atomic E-state index is 11.6. The third-order valence-electron chi connectivity index (χ3n) is 3.32. The lowest BCUT2D eigenvalue weighted by atomic mass is 10.1. The smallest absolute Gasteiger partial charge is 0.151 e. The van der Waals surface area contributed by atoms with E-state index in [1.54, 1.807) is 0 Å². The largest absolute Gasteiger partial charge is 0.306 e. The molecule has 0 aliphatic carbocycles. The van der Waals surface area contributed by atoms with Crippen molar-refractivity contribution in [2.24, 2.45) is 0 Å². The Morgan fingerprint density at radius 1 is 1.39 bits per heavy atom. The second-order valence-electron chi connectivity index (χ2n) is 4.86. The van der Waals surface area contributed by atoms with Crippen molar-refractivity contribution in [1.29, 1.82) is 0 Å². The fourth-order valence-corrected chi connectivity index (χ4v) is 4.37. The molecule has 0 aromatic heterocycles. The Morgan fingerprint density at radius 3 is 2.78 bits per heavy atom. The van der Waals surface area contributed by atoms with Gasteiger partial charge in [0, 0.05) is 17.1 Å². The first-order chi connectivity index (χ1) is 8.48. The quantitative estimate of drug-likeness (QED) is 0.929. The molecule has 0 saturated carbocycles. The number of nitrogens with one attached hydrogen (secondary N) is 1. The summed E-state index contributed by atoms with van der Waals surface area (Å²) in [5, 5.41) is 4.09. The molecule has 18 heavy (non-hydrogen) atoms. The summed E-state index contributed by atoms with van der Waals surface area (Å²) in [7, 11) is -2.87. The van der Waals surface area contributed by atoms with Crippen LogP contribution in [0.4, 0.5) is 0 Å². The van der Waals surface area contributed by atoms with E-state index in [-0.39, 0.29) is 17.8 Å². The summed E-state index contributed by atoms with van der Waals surface area (Å²) in [6.45, 7) is 2.02. The van der Waals surface area contributed by atoms with Gasteiger partial charge in [-0.05, 0) is 31.4 Å². The fraction of sp³-hybridized carbons (Fsp3) is 0.538. The predicted molar refractivity (Wildman–Crippen MR) is 74.7 cm³/mol. The van der Waals surface area contributed by atoms with Crippen LogP contribution < -0.4 is 5.32 Å². The standard InChI is InChI=1S/C13H18ClNO2S/c1-10(12-6-2-3-7-13(12)14)15-11-5-4-8-18(16,17)9-11/h2-3,6-7,10-11,15H,4-5,8-9H2,1H3. The predicted octanol–water partition coefficient (Wildman–Crippen LogP) is 2.57. The van der Waals surface area contributed by atoms with Crippen LogP contribution >= 0.6 is 11.6 Å². The molecule has 0 amide bonds. The van der Waals surface area contributed by atoms with E-state index in [0.717, 1.165) is 23.4 Å². The maximum atomic E-state index is 11.6. The molecule has 1 heterocycles. The molecule has 2 unspecified atom stereocenters. The van der Waals surface area contributed by atoms with E-state index in [2.05, 4.69) is 5.32 Å². The van der Waals surface area contributed by atoms with Gasteiger partial charge >= 0.3 is 0 Å². The summed E-state index contributed by atoms with van der Waals surface area (Å²) in [5.74, 6) is 0.563. The molecule has 2 rings (SSSR count). The molecule has 3 nitrogen and oxygen atoms in total. The molecule has 5 heteroatoms. The SMILES string of the molecule is CC(NC1CCCS(=O)(=O)C1)c1ccccc1Cl. The van der Waals surface area contributed by atoms with E-state index < -0.39 is 9.84 Å². The van der Waals surface area contributed by atoms with Crippen LogP contribution in [0, 0.1) is 0 Å². The lowest BCUT2D eigenvalue weighted by Gasteiger charge is -2.27. The highest BCUT2D eigenvalue weighted by Crippen LogP contribution is 2.24. The van der Waals surface area contributed by atoms with Gasteiger partial charge in [0.25, 0.3) is 0 Å². The lowest BCUT2D eigenvalue weighted by Crippen LogP contribution is -2.41. The van der Waals surface area contributed by atoms with E-state index in [0.29, 0.717) is 5.75 Å². The van der Waals surface area contributed by atoms with Gasteiger partial charge in [0.05, 0.1) is 11.5 Å². The first kappa shape index (κ1) is 13.8. The summed E-state index contributed by atoms with van der Waals surface area (Å²) in [6, 6.07) is 7.76. The summed E-state index contributed by atoms with van der Waals surface area (Å²) in [4.78, 5) is 0. The van der Waals surface area contributed by atoms with Crippen LogP contribution in [-0.4, -0.2) is 26.0 Å². The minimum Gasteiger partial charge on any atom is -0.306 e. The van der Waals surface area contributed by atoms with Crippen molar-refractivity contribution in [3.63, 3.8) is 0 Å². The third kappa shape index (κ3) is 3.46. The van der Waals surface area contributed by atoms with Crippen molar-refractivity contribution in [3.05, 3.63) is 34.9 Å². The number of benzene rings is 1. The van der Waals surface area contributed by atoms with Gasteiger partial charge in [0.15, 0.2) is 9.84 Å². The molecule has 1 aliphatic rings. The molecular weight excluding hydrogens is 270 g/mol. The van der Waals surface area contributed by atoms with Crippen LogP contribution in [0.3, 0.4) is 0 Å². The van der Waals surface area contributed by atoms with Crippen LogP contribution in [0.15, 0.2) is 24.3 Å². The molecule has 0 bridgehead atoms. The Morgan fingerprint density at radius 2 is 2.11 bits per heavy atom. The monoisotopic (exact) mass is 287 g/mol. The van der Waals surface area contributed by atoms with Crippen molar-refractivity contribution in [1.82, 2.24) is 5.32 Å². The summed E-state index contributed by atoms with van der Waals surface area (Å²) < 4.78 is 23.2. The van der Waals surface area contributed by atoms with Gasteiger partial charge in [0.1, 0.15) is 0 Å². The highest BCUT2D eigenvalue weighted by atomic mass is 35.5. The zero-order valence-corrected chi connectivity index (χ0v) is 12.0. The Kier molecular flexibility index (Phi) is 4.30. The van der Waals surface area contributed by atoms with Crippen LogP contribution in [0.5, 0.6) is 0 Å². The number of halogens is 1. The Bertz CT molecular complexity index is 515. The molecule has 1 aromatic carbocycles. The molecule has 1 fully saturated rings. The van der Waals surface area contributed by atoms with E-state index in [4.69, 9.17) is 11.6 Å². The van der Waals surface area contributed by atoms with Gasteiger partial charge < -0.3 is 5.32 Å². The second kappa shape index (κ2) is 5.59. The van der Waals surface area contributed by atoms with Gasteiger partial charge in [-0.15, -0.1) is 0 Å². The van der Waals surface area contributed by atoms with E-state index in [9.17, 15) is 8.42 Å². The third-order valence-corrected chi connectivity index (χ3v) is 5.49. The van der Waals surface area contributed by atoms with Crippen LogP contribution in [0.25, 0.3) is 0 Å². The number of hydrogen-bond donors (Lipinski definition) is 1. The lowest BCUT2D eigenvalue weighted by molar-refractivity contribution is 0.437. The van der Waals surface area contributed by atoms with Gasteiger partial charge in [-0.2, -0.15) is 0 Å². The average Bonchev–Trinajstić information content (AvgIpc) is 2.28. The van der Waals surface area contributed by atoms with Crippen molar-refractivity contribution in [2.45, 2.75) is 31.8 Å². The van der Waals surface area contributed by atoms with Crippen molar-refractivity contribution in [3.8, 4) is 0 Å². The normalized spacial score (nSPS) is 24.7. The Labute approximate surface area is 113 Å². The molecule has 1 saturated heterocycles. The van der Waals surface area contributed by atoms with Gasteiger partial charge in [-0.1, -0.05) is 29.8 Å². The first-order valence-corrected chi connectivity index (χ1v) is 8.39. The number of hydrogen-bond acceptors (Lipinski definition) is 3. The highest BCUT2D eigenvalue weighted by molar-refractivity contribution is 7.91. The fourth-order valence-electron chi connectivity index (χ4n) is 2.42. The Hall–Kier alpha value is -0.580. The maximum Gasteiger partial charge on any atom is 0.151 e. The Balaban J connectivity index is 2.04. The second-order valence-corrected chi connectivity index (χ2v) is 7.50. The zero-order chi connectivity index (χ0) is 13.2. The minimum atomic E-state index is -2.87. The summed E-state index contributed by atoms with van der Waals surface area (Å²) in [5.41, 5.74) is 1.02. The van der Waals surface area contributed by atoms with Crippen molar-refractivity contribution < 1.29 is 8.42 Å². The van der Waals surface area contributed by atoms with Crippen molar-refractivity contribution in [2.75, 3.05) is 11.5 Å². The number of sulfone groups is 1. The molecule has 100 valence electrons. The average molecular weight is 288 g/mol. The van der Waals surface area contributed by atoms with Gasteiger partial charge in [-0.3, -0.25) is 0 Å².